The van der Waals surface area contributed by atoms with Crippen LogP contribution in [0.5, 0.6) is 0 Å². The summed E-state index contributed by atoms with van der Waals surface area (Å²) >= 11 is 0. The molecular formula is C27H24N4Na2O10S3. The number of azo groups is 1. The number of anilines is 1. The normalized spacial score (nSPS) is 13.2. The van der Waals surface area contributed by atoms with Crippen LogP contribution < -0.4 is 64.5 Å². The van der Waals surface area contributed by atoms with Crippen molar-refractivity contribution in [1.29, 1.82) is 0 Å². The van der Waals surface area contributed by atoms with Crippen LogP contribution in [0.3, 0.4) is 0 Å². The molecule has 0 aromatic heterocycles. The van der Waals surface area contributed by atoms with Gasteiger partial charge >= 0.3 is 69.7 Å². The molecule has 0 bridgehead atoms. The summed E-state index contributed by atoms with van der Waals surface area (Å²) in [6.07, 6.45) is 5.19. The first-order chi connectivity index (χ1) is 20.7. The van der Waals surface area contributed by atoms with Crippen molar-refractivity contribution in [2.24, 2.45) is 15.3 Å². The van der Waals surface area contributed by atoms with Crippen molar-refractivity contribution in [2.45, 2.75) is 25.2 Å². The second-order valence-electron chi connectivity index (χ2n) is 8.89. The van der Waals surface area contributed by atoms with Gasteiger partial charge in [-0.25, -0.2) is 16.8 Å². The number of hydrogen-bond acceptors (Lipinski definition) is 14. The van der Waals surface area contributed by atoms with Crippen LogP contribution in [0.1, 0.15) is 34.0 Å². The number of allylic oxidation sites excluding steroid dienone is 1. The molecule has 0 fully saturated rings. The standard InChI is InChI=1S/C27H25N4O7S2.2Na.O3S/c1-3-19-6-13-24-23(14-15-25(27(24)32)30-28-20-7-4-18(2)5-8-20)26(19)31-29-21-9-11-22(12-10-21)39(33,34)17-16-38-40(35,36)37;;;1-4(2)3/h4-14,28H,3,16-17H2,1-2H3,(H,35,36,37);;;/q-1;2*+1;/p-1. The van der Waals surface area contributed by atoms with Gasteiger partial charge in [0.2, 0.25) is 10.4 Å². The maximum absolute atomic E-state index is 13.1. The molecule has 0 saturated heterocycles. The second-order valence-corrected chi connectivity index (χ2v) is 12.5. The van der Waals surface area contributed by atoms with E-state index < -0.39 is 43.2 Å². The molecule has 3 aromatic rings. The fourth-order valence-electron chi connectivity index (χ4n) is 3.76. The molecule has 0 spiro atoms. The Labute approximate surface area is 312 Å². The number of nitrogens with zero attached hydrogens (tertiary/aromatic N) is 3. The maximum Gasteiger partial charge on any atom is 1.00 e. The summed E-state index contributed by atoms with van der Waals surface area (Å²) in [5.74, 6) is -1.01. The number of nitrogens with one attached hydrogen (secondary N) is 1. The van der Waals surface area contributed by atoms with Crippen LogP contribution in [0, 0.1) is 13.0 Å². The van der Waals surface area contributed by atoms with Gasteiger partial charge in [0.1, 0.15) is 0 Å². The Morgan fingerprint density at radius 3 is 2.09 bits per heavy atom. The van der Waals surface area contributed by atoms with E-state index in [4.69, 9.17) is 12.6 Å². The number of rotatable bonds is 10. The number of carbonyl (C=O) groups is 1. The van der Waals surface area contributed by atoms with Crippen molar-refractivity contribution in [3.05, 3.63) is 89.0 Å². The topological polar surface area (TPSA) is 218 Å². The van der Waals surface area contributed by atoms with E-state index in [-0.39, 0.29) is 75.5 Å². The minimum atomic E-state index is -4.98. The van der Waals surface area contributed by atoms with Crippen LogP contribution in [0.25, 0.3) is 6.08 Å². The summed E-state index contributed by atoms with van der Waals surface area (Å²) in [5.41, 5.74) is 7.45. The molecule has 1 aliphatic rings. The van der Waals surface area contributed by atoms with E-state index in [1.165, 1.54) is 24.3 Å². The average molecular weight is 707 g/mol. The first-order valence-electron chi connectivity index (χ1n) is 12.5. The Hall–Kier alpha value is -2.42. The number of aryl methyl sites for hydroxylation is 2. The number of Topliss-reactive ketones (excluding diaryl/α,β-unsaturated/α-hetero) is 1. The van der Waals surface area contributed by atoms with E-state index in [0.717, 1.165) is 16.8 Å². The van der Waals surface area contributed by atoms with Crippen molar-refractivity contribution in [2.75, 3.05) is 17.8 Å². The van der Waals surface area contributed by atoms with E-state index >= 15 is 0 Å². The summed E-state index contributed by atoms with van der Waals surface area (Å²) in [5, 5.41) is 12.8. The van der Waals surface area contributed by atoms with Crippen LogP contribution in [-0.4, -0.2) is 57.9 Å². The third-order valence-electron chi connectivity index (χ3n) is 5.88. The van der Waals surface area contributed by atoms with E-state index in [1.807, 2.05) is 38.1 Å². The largest absolute Gasteiger partial charge is 1.00 e. The van der Waals surface area contributed by atoms with E-state index in [0.29, 0.717) is 28.9 Å². The third-order valence-corrected chi connectivity index (χ3v) is 8.03. The SMILES string of the molecule is CCc1ccc2c(c1N=Nc1ccc(S(=O)(=O)CCOS(=O)(=O)[O-])cc1)C=[C-]C(=NNc1ccc(C)cc1)C2=O.O=S(=O)=O.[Na+].[Na+]. The van der Waals surface area contributed by atoms with Crippen LogP contribution in [0.15, 0.2) is 80.9 Å². The van der Waals surface area contributed by atoms with Gasteiger partial charge in [-0.15, -0.1) is 12.6 Å². The number of sulfone groups is 1. The molecule has 0 radical (unpaired) electrons. The molecule has 3 aromatic carbocycles. The minimum absolute atomic E-state index is 0. The Kier molecular flexibility index (Phi) is 17.0. The van der Waals surface area contributed by atoms with Crippen LogP contribution in [0.4, 0.5) is 17.1 Å². The molecule has 14 nitrogen and oxygen atoms in total. The van der Waals surface area contributed by atoms with Crippen molar-refractivity contribution in [3.8, 4) is 0 Å². The second kappa shape index (κ2) is 18.8. The Morgan fingerprint density at radius 2 is 1.52 bits per heavy atom. The van der Waals surface area contributed by atoms with Gasteiger partial charge in [-0.05, 0) is 55.3 Å². The van der Waals surface area contributed by atoms with E-state index in [9.17, 15) is 26.2 Å². The summed E-state index contributed by atoms with van der Waals surface area (Å²) in [4.78, 5) is 13.0. The van der Waals surface area contributed by atoms with Gasteiger partial charge in [0.25, 0.3) is 0 Å². The molecule has 0 heterocycles. The third kappa shape index (κ3) is 12.6. The van der Waals surface area contributed by atoms with Gasteiger partial charge in [-0.3, -0.25) is 9.61 Å². The van der Waals surface area contributed by atoms with Crippen molar-refractivity contribution < 1.29 is 102 Å². The number of hydrazone groups is 1. The van der Waals surface area contributed by atoms with Crippen LogP contribution >= 0.6 is 0 Å². The fourth-order valence-corrected chi connectivity index (χ4v) is 5.24. The number of carbonyl (C=O) groups excluding carboxylic acids is 1. The maximum atomic E-state index is 13.1. The van der Waals surface area contributed by atoms with E-state index in [2.05, 4.69) is 31.0 Å². The summed E-state index contributed by atoms with van der Waals surface area (Å²) in [6, 6.07) is 16.5. The van der Waals surface area contributed by atoms with Crippen molar-refractivity contribution in [3.63, 3.8) is 0 Å². The average Bonchev–Trinajstić information content (AvgIpc) is 2.95. The van der Waals surface area contributed by atoms with Gasteiger partial charge < -0.3 is 9.35 Å². The van der Waals surface area contributed by atoms with Gasteiger partial charge in [-0.1, -0.05) is 47.9 Å². The molecule has 0 amide bonds. The van der Waals surface area contributed by atoms with Crippen molar-refractivity contribution in [1.82, 2.24) is 0 Å². The monoisotopic (exact) mass is 706 g/mol. The first-order valence-corrected chi connectivity index (χ1v) is 16.5. The quantitative estimate of drug-likeness (QED) is 0.0591. The van der Waals surface area contributed by atoms with Gasteiger partial charge in [0, 0.05) is 11.4 Å². The van der Waals surface area contributed by atoms with Gasteiger partial charge in [0.05, 0.1) is 34.4 Å². The molecule has 0 aliphatic heterocycles. The zero-order chi connectivity index (χ0) is 32.5. The van der Waals surface area contributed by atoms with Crippen LogP contribution in [-0.2, 0) is 41.4 Å². The summed E-state index contributed by atoms with van der Waals surface area (Å²) < 4.78 is 85.6. The molecule has 0 atom stereocenters. The Morgan fingerprint density at radius 1 is 0.913 bits per heavy atom. The van der Waals surface area contributed by atoms with Crippen molar-refractivity contribution >= 4 is 65.5 Å². The molecule has 1 aliphatic carbocycles. The molecule has 46 heavy (non-hydrogen) atoms. The zero-order valence-corrected chi connectivity index (χ0v) is 31.6. The predicted molar refractivity (Wildman–Crippen MR) is 158 cm³/mol. The molecule has 232 valence electrons. The smallest absolute Gasteiger partial charge is 0.726 e. The number of ketones is 1. The number of fused-ring (bicyclic) bond motifs is 1. The van der Waals surface area contributed by atoms with Gasteiger partial charge in [-0.2, -0.15) is 27.5 Å². The summed E-state index contributed by atoms with van der Waals surface area (Å²) in [7, 11) is -12.0. The molecular weight excluding hydrogens is 682 g/mol. The van der Waals surface area contributed by atoms with E-state index in [1.54, 1.807) is 18.2 Å². The fraction of sp³-hybridized carbons (Fsp3) is 0.185. The Bertz CT molecular complexity index is 1960. The molecule has 0 saturated carbocycles. The minimum Gasteiger partial charge on any atom is -0.726 e. The number of hydrogen-bond donors (Lipinski definition) is 1. The first kappa shape index (κ1) is 41.6. The molecule has 0 unspecified atom stereocenters. The molecule has 1 N–H and O–H groups in total. The molecule has 4 rings (SSSR count). The number of benzene rings is 3. The summed E-state index contributed by atoms with van der Waals surface area (Å²) in [6.45, 7) is 3.13. The van der Waals surface area contributed by atoms with Crippen LogP contribution in [0.2, 0.25) is 0 Å². The predicted octanol–water partition coefficient (Wildman–Crippen LogP) is -2.29. The van der Waals surface area contributed by atoms with Gasteiger partial charge in [0.15, 0.2) is 9.84 Å². The Balaban J connectivity index is 0.00000166. The molecule has 19 heteroatoms. The zero-order valence-electron chi connectivity index (χ0n) is 25.1.